The molecule has 2 atom stereocenters. The molecule has 11 heteroatoms. The Morgan fingerprint density at radius 2 is 1.55 bits per heavy atom. The van der Waals surface area contributed by atoms with E-state index >= 15 is 0 Å². The molecule has 0 radical (unpaired) electrons. The van der Waals surface area contributed by atoms with Crippen LogP contribution in [0.5, 0.6) is 0 Å². The average molecular weight is 567 g/mol. The topological polar surface area (TPSA) is 120 Å². The number of benzene rings is 1. The van der Waals surface area contributed by atoms with Crippen molar-refractivity contribution in [1.29, 1.82) is 0 Å². The third kappa shape index (κ3) is 9.98. The van der Waals surface area contributed by atoms with Crippen molar-refractivity contribution in [1.82, 2.24) is 10.2 Å². The van der Waals surface area contributed by atoms with E-state index in [9.17, 15) is 18.9 Å². The Kier molecular flexibility index (Phi) is 13.2. The van der Waals surface area contributed by atoms with Gasteiger partial charge >= 0.3 is 17.9 Å². The molecule has 0 fully saturated rings. The number of hydrogen-bond acceptors (Lipinski definition) is 8. The minimum absolute atomic E-state index is 0.00813. The lowest BCUT2D eigenvalue weighted by Crippen LogP contribution is -2.42. The van der Waals surface area contributed by atoms with Gasteiger partial charge in [0.2, 0.25) is 7.44 Å². The number of thiophene rings is 1. The molecule has 0 spiro atoms. The van der Waals surface area contributed by atoms with Crippen LogP contribution in [0.4, 0.5) is 0 Å². The van der Waals surface area contributed by atoms with Crippen molar-refractivity contribution in [2.24, 2.45) is 0 Å². The second kappa shape index (κ2) is 15.8. The summed E-state index contributed by atoms with van der Waals surface area (Å²) >= 11 is 1.30. The summed E-state index contributed by atoms with van der Waals surface area (Å²) in [6.45, 7) is 11.4. The average Bonchev–Trinajstić information content (AvgIpc) is 3.30. The van der Waals surface area contributed by atoms with Crippen LogP contribution in [0.3, 0.4) is 0 Å². The molecule has 1 aromatic carbocycles. The highest BCUT2D eigenvalue weighted by atomic mass is 32.1. The van der Waals surface area contributed by atoms with Crippen LogP contribution in [0.1, 0.15) is 68.6 Å². The second-order valence-electron chi connectivity index (χ2n) is 9.01. The van der Waals surface area contributed by atoms with E-state index in [1.54, 1.807) is 19.9 Å². The van der Waals surface area contributed by atoms with Gasteiger partial charge < -0.3 is 14.2 Å². The summed E-state index contributed by atoms with van der Waals surface area (Å²) in [6.07, 6.45) is 4.74. The van der Waals surface area contributed by atoms with Gasteiger partial charge in [-0.25, -0.2) is 15.0 Å². The first kappa shape index (κ1) is 31.7. The maximum atomic E-state index is 14.1. The highest BCUT2D eigenvalue weighted by Gasteiger charge is 2.32. The van der Waals surface area contributed by atoms with E-state index in [4.69, 9.17) is 14.2 Å². The van der Waals surface area contributed by atoms with Gasteiger partial charge in [-0.15, -0.1) is 11.3 Å². The first-order valence-electron chi connectivity index (χ1n) is 12.9. The van der Waals surface area contributed by atoms with Gasteiger partial charge in [-0.2, -0.15) is 0 Å². The molecule has 0 aliphatic heterocycles. The fraction of sp³-hybridized carbons (Fsp3) is 0.519. The van der Waals surface area contributed by atoms with E-state index in [-0.39, 0.29) is 26.0 Å². The quantitative estimate of drug-likeness (QED) is 0.0831. The van der Waals surface area contributed by atoms with Crippen molar-refractivity contribution in [3.63, 3.8) is 0 Å². The second-order valence-corrected chi connectivity index (χ2v) is 12.4. The predicted octanol–water partition coefficient (Wildman–Crippen LogP) is 5.58. The lowest BCUT2D eigenvalue weighted by atomic mass is 10.2. The first-order chi connectivity index (χ1) is 18.1. The molecule has 210 valence electrons. The lowest BCUT2D eigenvalue weighted by molar-refractivity contribution is -0.145. The maximum absolute atomic E-state index is 14.1. The Morgan fingerprint density at radius 1 is 0.974 bits per heavy atom. The summed E-state index contributed by atoms with van der Waals surface area (Å²) < 4.78 is 30.7. The highest BCUT2D eigenvalue weighted by Crippen LogP contribution is 2.43. The molecule has 38 heavy (non-hydrogen) atoms. The number of carbonyl (C=O) groups is 3. The summed E-state index contributed by atoms with van der Waals surface area (Å²) in [6, 6.07) is 5.47. The first-order valence-corrected chi connectivity index (χ1v) is 15.6. The Bertz CT molecular complexity index is 1120. The number of nitrogens with one attached hydrogen (secondary N) is 2. The molecule has 2 rings (SSSR count). The van der Waals surface area contributed by atoms with Crippen molar-refractivity contribution < 1.29 is 33.2 Å². The van der Waals surface area contributed by atoms with E-state index in [1.807, 2.05) is 32.0 Å². The molecule has 1 aromatic heterocycles. The SMILES string of the molecule is C=CCOC(=O)c1cc2cc(CP(=O)(N[C@@H](C)C(=O)OCCCC)N[C@@H](C)C(=O)OCCCC)ccc2s1. The number of carbonyl (C=O) groups excluding carboxylic acids is 3. The van der Waals surface area contributed by atoms with E-state index in [2.05, 4.69) is 16.8 Å². The Hall–Kier alpha value is -2.52. The number of unbranched alkanes of at least 4 members (excludes halogenated alkanes) is 2. The van der Waals surface area contributed by atoms with Gasteiger partial charge in [0.25, 0.3) is 0 Å². The van der Waals surface area contributed by atoms with Gasteiger partial charge in [0.05, 0.1) is 19.4 Å². The molecular formula is C27H39N2O7PS. The van der Waals surface area contributed by atoms with Crippen molar-refractivity contribution in [3.8, 4) is 0 Å². The zero-order valence-electron chi connectivity index (χ0n) is 22.6. The zero-order chi connectivity index (χ0) is 28.1. The molecule has 0 saturated heterocycles. The van der Waals surface area contributed by atoms with Crippen molar-refractivity contribution in [3.05, 3.63) is 47.4 Å². The van der Waals surface area contributed by atoms with Crippen LogP contribution in [-0.4, -0.2) is 49.8 Å². The summed E-state index contributed by atoms with van der Waals surface area (Å²) in [5, 5.41) is 6.59. The predicted molar refractivity (Wildman–Crippen MR) is 151 cm³/mol. The highest BCUT2D eigenvalue weighted by molar-refractivity contribution is 7.59. The van der Waals surface area contributed by atoms with Crippen LogP contribution in [0.2, 0.25) is 0 Å². The zero-order valence-corrected chi connectivity index (χ0v) is 24.3. The van der Waals surface area contributed by atoms with Crippen LogP contribution in [0.15, 0.2) is 36.9 Å². The maximum Gasteiger partial charge on any atom is 0.348 e. The lowest BCUT2D eigenvalue weighted by Gasteiger charge is -2.26. The van der Waals surface area contributed by atoms with E-state index in [0.717, 1.165) is 35.8 Å². The summed E-state index contributed by atoms with van der Waals surface area (Å²) in [5.41, 5.74) is 0.697. The van der Waals surface area contributed by atoms with Crippen LogP contribution >= 0.6 is 18.8 Å². The van der Waals surface area contributed by atoms with Gasteiger partial charge in [-0.3, -0.25) is 14.2 Å². The number of rotatable bonds is 17. The normalized spacial score (nSPS) is 13.1. The molecule has 0 amide bonds. The molecule has 0 saturated carbocycles. The molecule has 0 aliphatic carbocycles. The van der Waals surface area contributed by atoms with E-state index < -0.39 is 37.4 Å². The fourth-order valence-electron chi connectivity index (χ4n) is 3.50. The van der Waals surface area contributed by atoms with Gasteiger partial charge in [0, 0.05) is 4.70 Å². The molecule has 1 heterocycles. The Balaban J connectivity index is 2.25. The Labute approximate surface area is 228 Å². The Morgan fingerprint density at radius 3 is 2.08 bits per heavy atom. The van der Waals surface area contributed by atoms with Crippen molar-refractivity contribution in [2.45, 2.75) is 71.6 Å². The monoisotopic (exact) mass is 566 g/mol. The number of hydrogen-bond donors (Lipinski definition) is 2. The molecular weight excluding hydrogens is 527 g/mol. The standard InChI is InChI=1S/C27H39N2O7PS/c1-6-9-14-35-25(30)19(4)28-37(33,29-20(5)26(31)36-15-10-7-2)18-21-11-12-23-22(16-21)17-24(38-23)27(32)34-13-8-3/h8,11-12,16-17,19-20H,3,6-7,9-10,13-15,18H2,1-2,4-5H3,(H2,28,29,33)/t19-,20-/m0/s1. The van der Waals surface area contributed by atoms with Gasteiger partial charge in [-0.05, 0) is 55.8 Å². The minimum atomic E-state index is -3.55. The number of esters is 3. The smallest absolute Gasteiger partial charge is 0.348 e. The molecule has 2 aromatic rings. The van der Waals surface area contributed by atoms with E-state index in [1.165, 1.54) is 17.4 Å². The van der Waals surface area contributed by atoms with Gasteiger partial charge in [0.15, 0.2) is 0 Å². The fourth-order valence-corrected chi connectivity index (χ4v) is 6.87. The van der Waals surface area contributed by atoms with Gasteiger partial charge in [-0.1, -0.05) is 45.4 Å². The van der Waals surface area contributed by atoms with E-state index in [0.29, 0.717) is 10.4 Å². The summed E-state index contributed by atoms with van der Waals surface area (Å²) in [7, 11) is -3.55. The van der Waals surface area contributed by atoms with Crippen molar-refractivity contribution >= 4 is 46.8 Å². The largest absolute Gasteiger partial charge is 0.465 e. The number of fused-ring (bicyclic) bond motifs is 1. The molecule has 9 nitrogen and oxygen atoms in total. The van der Waals surface area contributed by atoms with Crippen LogP contribution in [-0.2, 0) is 34.5 Å². The number of ether oxygens (including phenoxy) is 3. The molecule has 0 aliphatic rings. The van der Waals surface area contributed by atoms with Crippen molar-refractivity contribution in [2.75, 3.05) is 19.8 Å². The van der Waals surface area contributed by atoms with Crippen LogP contribution in [0.25, 0.3) is 10.1 Å². The molecule has 2 N–H and O–H groups in total. The minimum Gasteiger partial charge on any atom is -0.465 e. The molecule has 0 bridgehead atoms. The third-order valence-corrected chi connectivity index (χ3v) is 9.03. The summed E-state index contributed by atoms with van der Waals surface area (Å²) in [5.74, 6) is -1.48. The third-order valence-electron chi connectivity index (χ3n) is 5.52. The summed E-state index contributed by atoms with van der Waals surface area (Å²) in [4.78, 5) is 37.7. The van der Waals surface area contributed by atoms with Crippen LogP contribution in [0, 0.1) is 0 Å². The van der Waals surface area contributed by atoms with Crippen LogP contribution < -0.4 is 10.2 Å². The van der Waals surface area contributed by atoms with Gasteiger partial charge in [0.1, 0.15) is 23.6 Å². The molecule has 0 unspecified atom stereocenters.